The van der Waals surface area contributed by atoms with Crippen molar-refractivity contribution in [1.29, 1.82) is 0 Å². The summed E-state index contributed by atoms with van der Waals surface area (Å²) in [6, 6.07) is 17.7. The Labute approximate surface area is 227 Å². The lowest BCUT2D eigenvalue weighted by atomic mass is 10.1. The minimum absolute atomic E-state index is 0.0356. The Morgan fingerprint density at radius 2 is 1.43 bits per heavy atom. The molecule has 0 saturated carbocycles. The molecular formula is C28H24N4O8. The zero-order valence-electron chi connectivity index (χ0n) is 21.5. The van der Waals surface area contributed by atoms with Crippen molar-refractivity contribution in [2.75, 3.05) is 18.4 Å². The summed E-state index contributed by atoms with van der Waals surface area (Å²) in [5.74, 6) is -1.51. The van der Waals surface area contributed by atoms with E-state index < -0.39 is 38.8 Å². The highest BCUT2D eigenvalue weighted by Gasteiger charge is 2.30. The quantitative estimate of drug-likeness (QED) is 0.114. The third-order valence-electron chi connectivity index (χ3n) is 6.21. The Kier molecular flexibility index (Phi) is 7.89. The zero-order chi connectivity index (χ0) is 29.0. The van der Waals surface area contributed by atoms with E-state index in [1.165, 1.54) is 41.3 Å². The number of hydrogen-bond acceptors (Lipinski definition) is 9. The van der Waals surface area contributed by atoms with E-state index in [9.17, 15) is 34.9 Å². The molecule has 0 radical (unpaired) electrons. The third kappa shape index (κ3) is 5.65. The first-order valence-electron chi connectivity index (χ1n) is 12.2. The van der Waals surface area contributed by atoms with Crippen LogP contribution in [0, 0.1) is 20.2 Å². The predicted molar refractivity (Wildman–Crippen MR) is 147 cm³/mol. The van der Waals surface area contributed by atoms with Gasteiger partial charge in [0.25, 0.3) is 5.91 Å². The van der Waals surface area contributed by atoms with Gasteiger partial charge in [0.1, 0.15) is 17.1 Å². The largest absolute Gasteiger partial charge is 0.507 e. The average molecular weight is 545 g/mol. The molecular weight excluding hydrogens is 520 g/mol. The number of nitro groups is 2. The van der Waals surface area contributed by atoms with E-state index in [1.54, 1.807) is 38.1 Å². The Morgan fingerprint density at radius 3 is 1.95 bits per heavy atom. The number of nitro benzene ring substituents is 2. The molecule has 0 fully saturated rings. The van der Waals surface area contributed by atoms with Gasteiger partial charge in [0, 0.05) is 30.9 Å². The number of nitrogens with one attached hydrogen (secondary N) is 1. The normalized spacial score (nSPS) is 10.7. The van der Waals surface area contributed by atoms with Gasteiger partial charge in [-0.05, 0) is 61.0 Å². The summed E-state index contributed by atoms with van der Waals surface area (Å²) in [5, 5.41) is 38.1. The van der Waals surface area contributed by atoms with Gasteiger partial charge in [0.05, 0.1) is 15.4 Å². The van der Waals surface area contributed by atoms with Gasteiger partial charge in [0.2, 0.25) is 0 Å². The summed E-state index contributed by atoms with van der Waals surface area (Å²) >= 11 is 0. The number of phenols is 1. The number of amides is 1. The van der Waals surface area contributed by atoms with Crippen molar-refractivity contribution >= 4 is 45.4 Å². The number of ether oxygens (including phenoxy) is 1. The highest BCUT2D eigenvalue weighted by atomic mass is 16.6. The van der Waals surface area contributed by atoms with Crippen molar-refractivity contribution in [3.63, 3.8) is 0 Å². The van der Waals surface area contributed by atoms with Crippen LogP contribution in [0.1, 0.15) is 34.6 Å². The Balaban J connectivity index is 1.60. The number of anilines is 2. The maximum absolute atomic E-state index is 12.7. The molecule has 0 bridgehead atoms. The van der Waals surface area contributed by atoms with Crippen LogP contribution in [-0.2, 0) is 0 Å². The van der Waals surface area contributed by atoms with E-state index in [2.05, 4.69) is 5.32 Å². The number of esters is 1. The fraction of sp³-hybridized carbons (Fsp3) is 0.143. The number of hydrogen-bond donors (Lipinski definition) is 2. The van der Waals surface area contributed by atoms with E-state index >= 15 is 0 Å². The van der Waals surface area contributed by atoms with Crippen molar-refractivity contribution in [2.45, 2.75) is 13.8 Å². The molecule has 0 aliphatic rings. The van der Waals surface area contributed by atoms with Crippen LogP contribution >= 0.6 is 0 Å². The number of fused-ring (bicyclic) bond motifs is 1. The molecule has 2 N–H and O–H groups in total. The van der Waals surface area contributed by atoms with Gasteiger partial charge in [0.15, 0.2) is 5.69 Å². The molecule has 4 aromatic carbocycles. The number of phenolic OH excluding ortho intramolecular Hbond substituents is 1. The first-order chi connectivity index (χ1) is 19.1. The van der Waals surface area contributed by atoms with Gasteiger partial charge >= 0.3 is 17.3 Å². The number of aromatic hydroxyl groups is 1. The molecule has 0 unspecified atom stereocenters. The second-order valence-corrected chi connectivity index (χ2v) is 8.64. The lowest BCUT2D eigenvalue weighted by molar-refractivity contribution is -0.392. The molecule has 0 heterocycles. The molecule has 12 heteroatoms. The molecule has 0 aromatic heterocycles. The van der Waals surface area contributed by atoms with Gasteiger partial charge in [-0.2, -0.15) is 0 Å². The van der Waals surface area contributed by atoms with Gasteiger partial charge in [-0.15, -0.1) is 0 Å². The van der Waals surface area contributed by atoms with Crippen molar-refractivity contribution in [2.24, 2.45) is 0 Å². The molecule has 40 heavy (non-hydrogen) atoms. The van der Waals surface area contributed by atoms with Crippen LogP contribution in [0.2, 0.25) is 0 Å². The topological polar surface area (TPSA) is 165 Å². The summed E-state index contributed by atoms with van der Waals surface area (Å²) in [6.07, 6.45) is 0. The molecule has 0 atom stereocenters. The second-order valence-electron chi connectivity index (χ2n) is 8.64. The number of carbonyl (C=O) groups is 2. The highest BCUT2D eigenvalue weighted by Crippen LogP contribution is 2.38. The Morgan fingerprint density at radius 1 is 0.875 bits per heavy atom. The fourth-order valence-electron chi connectivity index (χ4n) is 4.15. The lowest BCUT2D eigenvalue weighted by Crippen LogP contribution is -2.30. The first kappa shape index (κ1) is 27.5. The number of rotatable bonds is 9. The number of carbonyl (C=O) groups excluding carboxylic acids is 2. The number of nitrogens with zero attached hydrogens (tertiary/aromatic N) is 3. The molecule has 0 aliphatic heterocycles. The van der Waals surface area contributed by atoms with Crippen LogP contribution < -0.4 is 10.1 Å². The summed E-state index contributed by atoms with van der Waals surface area (Å²) in [7, 11) is 0. The summed E-state index contributed by atoms with van der Waals surface area (Å²) < 4.78 is 5.36. The van der Waals surface area contributed by atoms with E-state index in [-0.39, 0.29) is 28.3 Å². The molecule has 0 saturated heterocycles. The predicted octanol–water partition coefficient (Wildman–Crippen LogP) is 5.81. The third-order valence-corrected chi connectivity index (χ3v) is 6.21. The van der Waals surface area contributed by atoms with E-state index in [1.807, 2.05) is 0 Å². The lowest BCUT2D eigenvalue weighted by Gasteiger charge is -2.19. The highest BCUT2D eigenvalue weighted by molar-refractivity contribution is 6.00. The number of benzene rings is 4. The van der Waals surface area contributed by atoms with Crippen molar-refractivity contribution < 1.29 is 29.3 Å². The summed E-state index contributed by atoms with van der Waals surface area (Å²) in [5.41, 5.74) is -1.68. The van der Waals surface area contributed by atoms with E-state index in [4.69, 9.17) is 4.74 Å². The van der Waals surface area contributed by atoms with Crippen LogP contribution in [0.5, 0.6) is 11.5 Å². The van der Waals surface area contributed by atoms with Crippen LogP contribution in [0.4, 0.5) is 22.7 Å². The zero-order valence-corrected chi connectivity index (χ0v) is 21.5. The second kappa shape index (κ2) is 11.5. The maximum atomic E-state index is 12.7. The summed E-state index contributed by atoms with van der Waals surface area (Å²) in [4.78, 5) is 48.9. The molecule has 0 spiro atoms. The average Bonchev–Trinajstić information content (AvgIpc) is 2.94. The molecule has 4 aromatic rings. The van der Waals surface area contributed by atoms with E-state index in [0.717, 1.165) is 22.9 Å². The van der Waals surface area contributed by atoms with Crippen LogP contribution in [0.15, 0.2) is 72.8 Å². The minimum atomic E-state index is -0.805. The van der Waals surface area contributed by atoms with Gasteiger partial charge in [-0.3, -0.25) is 25.0 Å². The molecule has 0 aliphatic carbocycles. The standard InChI is InChI=1S/C28H24N4O8/c1-3-30(4-2)27(34)19-14-23(31(36)37)26(24(15-19)32(38)39)29-20-9-11-21(12-10-20)40-28(35)22-13-17-7-5-6-8-18(17)16-25(22)33/h5-16,29,33H,3-4H2,1-2H3. The SMILES string of the molecule is CCN(CC)C(=O)c1cc([N+](=O)[O-])c(Nc2ccc(OC(=O)c3cc4ccccc4cc3O)cc2)c([N+](=O)[O-])c1. The van der Waals surface area contributed by atoms with Crippen LogP contribution in [-0.4, -0.2) is 44.8 Å². The molecule has 12 nitrogen and oxygen atoms in total. The fourth-order valence-corrected chi connectivity index (χ4v) is 4.15. The smallest absolute Gasteiger partial charge is 0.347 e. The van der Waals surface area contributed by atoms with Gasteiger partial charge in [-0.25, -0.2) is 4.79 Å². The maximum Gasteiger partial charge on any atom is 0.347 e. The molecule has 1 amide bonds. The monoisotopic (exact) mass is 544 g/mol. The van der Waals surface area contributed by atoms with Gasteiger partial charge in [-0.1, -0.05) is 24.3 Å². The van der Waals surface area contributed by atoms with Crippen molar-refractivity contribution in [3.8, 4) is 11.5 Å². The Hall–Kier alpha value is -5.52. The van der Waals surface area contributed by atoms with Crippen LogP contribution in [0.25, 0.3) is 10.8 Å². The first-order valence-corrected chi connectivity index (χ1v) is 12.2. The van der Waals surface area contributed by atoms with Gasteiger partial charge < -0.3 is 20.1 Å². The minimum Gasteiger partial charge on any atom is -0.507 e. The molecule has 4 rings (SSSR count). The van der Waals surface area contributed by atoms with E-state index in [0.29, 0.717) is 13.1 Å². The van der Waals surface area contributed by atoms with Crippen LogP contribution in [0.3, 0.4) is 0 Å². The molecule has 204 valence electrons. The van der Waals surface area contributed by atoms with Crippen molar-refractivity contribution in [1.82, 2.24) is 4.90 Å². The van der Waals surface area contributed by atoms with Crippen molar-refractivity contribution in [3.05, 3.63) is 104 Å². The summed E-state index contributed by atoms with van der Waals surface area (Å²) in [6.45, 7) is 4.11. The Bertz CT molecular complexity index is 1600.